The number of thioether (sulfide) groups is 1. The molecule has 1 aliphatic rings. The van der Waals surface area contributed by atoms with E-state index in [1.165, 1.54) is 23.1 Å². The third kappa shape index (κ3) is 5.77. The first kappa shape index (κ1) is 25.5. The van der Waals surface area contributed by atoms with Crippen LogP contribution < -0.4 is 29.6 Å². The van der Waals surface area contributed by atoms with Crippen molar-refractivity contribution >= 4 is 39.8 Å². The molecule has 4 rings (SSSR count). The van der Waals surface area contributed by atoms with Crippen LogP contribution in [0.15, 0.2) is 59.6 Å². The molecule has 2 amide bonds. The lowest BCUT2D eigenvalue weighted by Gasteiger charge is -2.16. The summed E-state index contributed by atoms with van der Waals surface area (Å²) in [4.78, 5) is 27.4. The molecule has 36 heavy (non-hydrogen) atoms. The van der Waals surface area contributed by atoms with Gasteiger partial charge in [-0.15, -0.1) is 23.1 Å². The van der Waals surface area contributed by atoms with Crippen LogP contribution in [0.25, 0.3) is 4.91 Å². The molecule has 0 radical (unpaired) electrons. The van der Waals surface area contributed by atoms with E-state index in [9.17, 15) is 9.59 Å². The predicted molar refractivity (Wildman–Crippen MR) is 141 cm³/mol. The summed E-state index contributed by atoms with van der Waals surface area (Å²) in [7, 11) is 3.16. The summed E-state index contributed by atoms with van der Waals surface area (Å²) in [6, 6.07) is 14.6. The Balaban J connectivity index is 1.57. The van der Waals surface area contributed by atoms with Crippen LogP contribution in [0.4, 0.5) is 0 Å². The van der Waals surface area contributed by atoms with Crippen molar-refractivity contribution in [3.05, 3.63) is 75.6 Å². The molecule has 0 saturated carbocycles. The van der Waals surface area contributed by atoms with Gasteiger partial charge in [-0.1, -0.05) is 12.1 Å². The Morgan fingerprint density at radius 1 is 1.03 bits per heavy atom. The molecular formula is C26H26N2O6S2. The normalized spacial score (nSPS) is 12.5. The van der Waals surface area contributed by atoms with Gasteiger partial charge in [-0.05, 0) is 65.6 Å². The molecular weight excluding hydrogens is 500 g/mol. The van der Waals surface area contributed by atoms with Crippen molar-refractivity contribution in [3.8, 4) is 23.0 Å². The van der Waals surface area contributed by atoms with Crippen molar-refractivity contribution in [2.75, 3.05) is 33.8 Å². The van der Waals surface area contributed by atoms with Gasteiger partial charge in [0.1, 0.15) is 5.70 Å². The Bertz CT molecular complexity index is 1270. The van der Waals surface area contributed by atoms with Gasteiger partial charge in [0.25, 0.3) is 11.8 Å². The van der Waals surface area contributed by atoms with Gasteiger partial charge in [-0.25, -0.2) is 0 Å². The van der Waals surface area contributed by atoms with Crippen LogP contribution in [0, 0.1) is 0 Å². The molecule has 2 N–H and O–H groups in total. The van der Waals surface area contributed by atoms with Gasteiger partial charge in [0.05, 0.1) is 19.1 Å². The smallest absolute Gasteiger partial charge is 0.269 e. The van der Waals surface area contributed by atoms with E-state index in [0.29, 0.717) is 45.7 Å². The van der Waals surface area contributed by atoms with Gasteiger partial charge < -0.3 is 29.6 Å². The van der Waals surface area contributed by atoms with E-state index in [-0.39, 0.29) is 24.3 Å². The maximum Gasteiger partial charge on any atom is 0.269 e. The summed E-state index contributed by atoms with van der Waals surface area (Å²) >= 11 is 2.67. The molecule has 0 atom stereocenters. The second-order valence-electron chi connectivity index (χ2n) is 7.60. The molecule has 0 bridgehead atoms. The number of thiophene rings is 1. The van der Waals surface area contributed by atoms with Crippen molar-refractivity contribution in [2.24, 2.45) is 0 Å². The molecule has 1 aromatic heterocycles. The van der Waals surface area contributed by atoms with Gasteiger partial charge in [-0.3, -0.25) is 9.59 Å². The summed E-state index contributed by atoms with van der Waals surface area (Å²) in [5, 5.41) is 7.58. The maximum absolute atomic E-state index is 13.4. The Labute approximate surface area is 217 Å². The minimum Gasteiger partial charge on any atom is -0.493 e. The molecule has 3 aromatic rings. The monoisotopic (exact) mass is 526 g/mol. The number of nitrogens with one attached hydrogen (secondary N) is 2. The number of ether oxygens (including phenoxy) is 4. The quantitative estimate of drug-likeness (QED) is 0.380. The molecule has 0 fully saturated rings. The number of carbonyl (C=O) groups is 2. The Morgan fingerprint density at radius 3 is 2.56 bits per heavy atom. The van der Waals surface area contributed by atoms with Crippen LogP contribution in [0.5, 0.6) is 23.0 Å². The molecule has 8 nitrogen and oxygen atoms in total. The first-order valence-corrected chi connectivity index (χ1v) is 13.2. The van der Waals surface area contributed by atoms with E-state index in [4.69, 9.17) is 18.9 Å². The van der Waals surface area contributed by atoms with Crippen molar-refractivity contribution in [1.29, 1.82) is 0 Å². The SMILES string of the molecule is COc1ccc(CCNC(=O)/C(NC(=O)c2cccs2)=C(\SC)c2ccc3c(c2)OCO3)cc1OC. The first-order chi connectivity index (χ1) is 17.5. The van der Waals surface area contributed by atoms with Crippen molar-refractivity contribution in [3.63, 3.8) is 0 Å². The zero-order chi connectivity index (χ0) is 25.5. The van der Waals surface area contributed by atoms with Gasteiger partial charge in [-0.2, -0.15) is 0 Å². The number of amides is 2. The fraction of sp³-hybridized carbons (Fsp3) is 0.231. The summed E-state index contributed by atoms with van der Waals surface area (Å²) in [5.74, 6) is 1.77. The molecule has 10 heteroatoms. The Kier molecular flexibility index (Phi) is 8.40. The minimum atomic E-state index is -0.387. The Hall–Kier alpha value is -3.63. The summed E-state index contributed by atoms with van der Waals surface area (Å²) < 4.78 is 21.6. The first-order valence-electron chi connectivity index (χ1n) is 11.1. The maximum atomic E-state index is 13.4. The van der Waals surface area contributed by atoms with Crippen molar-refractivity contribution in [1.82, 2.24) is 10.6 Å². The van der Waals surface area contributed by atoms with Crippen molar-refractivity contribution < 1.29 is 28.5 Å². The molecule has 2 aromatic carbocycles. The summed E-state index contributed by atoms with van der Waals surface area (Å²) in [5.41, 5.74) is 1.89. The lowest BCUT2D eigenvalue weighted by Crippen LogP contribution is -2.36. The van der Waals surface area contributed by atoms with E-state index < -0.39 is 0 Å². The molecule has 0 aliphatic carbocycles. The zero-order valence-corrected chi connectivity index (χ0v) is 21.7. The van der Waals surface area contributed by atoms with Crippen LogP contribution in [0.2, 0.25) is 0 Å². The van der Waals surface area contributed by atoms with Crippen LogP contribution in [0.3, 0.4) is 0 Å². The van der Waals surface area contributed by atoms with Gasteiger partial charge in [0, 0.05) is 11.4 Å². The van der Waals surface area contributed by atoms with E-state index >= 15 is 0 Å². The second-order valence-corrected chi connectivity index (χ2v) is 9.37. The topological polar surface area (TPSA) is 95.1 Å². The zero-order valence-electron chi connectivity index (χ0n) is 20.1. The van der Waals surface area contributed by atoms with Gasteiger partial charge >= 0.3 is 0 Å². The molecule has 188 valence electrons. The number of fused-ring (bicyclic) bond motifs is 1. The average molecular weight is 527 g/mol. The highest BCUT2D eigenvalue weighted by Crippen LogP contribution is 2.38. The third-order valence-corrected chi connectivity index (χ3v) is 7.14. The third-order valence-electron chi connectivity index (χ3n) is 5.42. The average Bonchev–Trinajstić information content (AvgIpc) is 3.60. The van der Waals surface area contributed by atoms with Crippen LogP contribution in [-0.2, 0) is 11.2 Å². The highest BCUT2D eigenvalue weighted by molar-refractivity contribution is 8.07. The van der Waals surface area contributed by atoms with E-state index in [1.807, 2.05) is 42.0 Å². The van der Waals surface area contributed by atoms with E-state index in [0.717, 1.165) is 11.1 Å². The van der Waals surface area contributed by atoms with Crippen molar-refractivity contribution in [2.45, 2.75) is 6.42 Å². The molecule has 2 heterocycles. The lowest BCUT2D eigenvalue weighted by atomic mass is 10.1. The fourth-order valence-corrected chi connectivity index (χ4v) is 4.98. The number of hydrogen-bond donors (Lipinski definition) is 2. The van der Waals surface area contributed by atoms with Gasteiger partial charge in [0.2, 0.25) is 6.79 Å². The number of rotatable bonds is 10. The van der Waals surface area contributed by atoms with Gasteiger partial charge in [0.15, 0.2) is 23.0 Å². The van der Waals surface area contributed by atoms with Crippen LogP contribution in [-0.4, -0.2) is 45.6 Å². The number of carbonyl (C=O) groups excluding carboxylic acids is 2. The largest absolute Gasteiger partial charge is 0.493 e. The van der Waals surface area contributed by atoms with E-state index in [1.54, 1.807) is 32.4 Å². The van der Waals surface area contributed by atoms with E-state index in [2.05, 4.69) is 10.6 Å². The lowest BCUT2D eigenvalue weighted by molar-refractivity contribution is -0.117. The summed E-state index contributed by atoms with van der Waals surface area (Å²) in [6.45, 7) is 0.505. The minimum absolute atomic E-state index is 0.149. The highest BCUT2D eigenvalue weighted by atomic mass is 32.2. The molecule has 1 aliphatic heterocycles. The predicted octanol–water partition coefficient (Wildman–Crippen LogP) is 4.31. The molecule has 0 saturated heterocycles. The number of methoxy groups -OCH3 is 2. The Morgan fingerprint density at radius 2 is 1.83 bits per heavy atom. The molecule has 0 spiro atoms. The second kappa shape index (κ2) is 11.9. The van der Waals surface area contributed by atoms with Crippen LogP contribution >= 0.6 is 23.1 Å². The fourth-order valence-electron chi connectivity index (χ4n) is 3.65. The number of hydrogen-bond acceptors (Lipinski definition) is 8. The molecule has 0 unspecified atom stereocenters. The highest BCUT2D eigenvalue weighted by Gasteiger charge is 2.22. The standard InChI is InChI=1S/C26H26N2O6S2/c1-31-18-8-6-16(13-20(18)32-2)10-11-27-26(30)23(28-25(29)22-5-4-12-36-22)24(35-3)17-7-9-19-21(14-17)34-15-33-19/h4-9,12-14H,10-11,15H2,1-3H3,(H,27,30)(H,28,29)/b24-23+. The summed E-state index contributed by atoms with van der Waals surface area (Å²) in [6.07, 6.45) is 2.42. The van der Waals surface area contributed by atoms with Crippen LogP contribution in [0.1, 0.15) is 20.8 Å². The number of benzene rings is 2.